The van der Waals surface area contributed by atoms with Crippen molar-refractivity contribution < 1.29 is 13.2 Å². The quantitative estimate of drug-likeness (QED) is 0.233. The summed E-state index contributed by atoms with van der Waals surface area (Å²) < 4.78 is 26.2. The molecule has 40 heavy (non-hydrogen) atoms. The van der Waals surface area contributed by atoms with Crippen LogP contribution in [0.5, 0.6) is 0 Å². The number of amides is 1. The summed E-state index contributed by atoms with van der Waals surface area (Å²) in [6.07, 6.45) is 4.63. The SMILES string of the molecule is CCN(CC)CCCC(C)Nc1c(N(C(=O)/C=C/c2ccccc2)c2ccc(S(=O)(=O)N(C)C)cc2)c(=O)c1=O. The van der Waals surface area contributed by atoms with Crippen molar-refractivity contribution in [1.29, 1.82) is 0 Å². The maximum Gasteiger partial charge on any atom is 0.255 e. The van der Waals surface area contributed by atoms with Crippen molar-refractivity contribution in [3.63, 3.8) is 0 Å². The molecule has 1 atom stereocenters. The number of sulfonamides is 1. The molecular formula is C30H38N4O5S. The van der Waals surface area contributed by atoms with Gasteiger partial charge in [-0.05, 0) is 75.3 Å². The van der Waals surface area contributed by atoms with Crippen LogP contribution < -0.4 is 21.1 Å². The first-order valence-corrected chi connectivity index (χ1v) is 14.9. The molecule has 0 radical (unpaired) electrons. The molecular weight excluding hydrogens is 528 g/mol. The minimum Gasteiger partial charge on any atom is -0.377 e. The van der Waals surface area contributed by atoms with Crippen LogP contribution in [0.25, 0.3) is 6.08 Å². The zero-order chi connectivity index (χ0) is 29.4. The molecule has 214 valence electrons. The topological polar surface area (TPSA) is 107 Å². The van der Waals surface area contributed by atoms with Gasteiger partial charge in [-0.25, -0.2) is 12.7 Å². The molecule has 0 aromatic heterocycles. The molecule has 3 aromatic rings. The lowest BCUT2D eigenvalue weighted by Gasteiger charge is -2.27. The molecule has 0 fully saturated rings. The molecule has 0 bridgehead atoms. The second kappa shape index (κ2) is 13.6. The van der Waals surface area contributed by atoms with Crippen molar-refractivity contribution in [3.05, 3.63) is 86.7 Å². The van der Waals surface area contributed by atoms with E-state index in [1.807, 2.05) is 37.3 Å². The largest absolute Gasteiger partial charge is 0.377 e. The van der Waals surface area contributed by atoms with Gasteiger partial charge >= 0.3 is 0 Å². The number of benzene rings is 2. The van der Waals surface area contributed by atoms with Gasteiger partial charge in [0.15, 0.2) is 0 Å². The average molecular weight is 567 g/mol. The molecule has 1 unspecified atom stereocenters. The van der Waals surface area contributed by atoms with Crippen LogP contribution in [0.1, 0.15) is 39.2 Å². The molecule has 0 heterocycles. The van der Waals surface area contributed by atoms with E-state index >= 15 is 0 Å². The Kier molecular flexibility index (Phi) is 10.6. The van der Waals surface area contributed by atoms with Crippen LogP contribution >= 0.6 is 0 Å². The number of rotatable bonds is 14. The summed E-state index contributed by atoms with van der Waals surface area (Å²) in [6.45, 7) is 9.01. The summed E-state index contributed by atoms with van der Waals surface area (Å²) in [5.74, 6) is -0.545. The number of hydrogen-bond donors (Lipinski definition) is 1. The van der Waals surface area contributed by atoms with E-state index < -0.39 is 26.8 Å². The number of hydrogen-bond acceptors (Lipinski definition) is 7. The Morgan fingerprint density at radius 1 is 0.950 bits per heavy atom. The molecule has 1 N–H and O–H groups in total. The Hall–Kier alpha value is -3.60. The monoisotopic (exact) mass is 566 g/mol. The minimum absolute atomic E-state index is 0.0404. The summed E-state index contributed by atoms with van der Waals surface area (Å²) in [5.41, 5.74) is -0.358. The van der Waals surface area contributed by atoms with Crippen molar-refractivity contribution in [2.24, 2.45) is 0 Å². The molecule has 9 nitrogen and oxygen atoms in total. The number of anilines is 3. The Balaban J connectivity index is 1.95. The zero-order valence-corrected chi connectivity index (χ0v) is 24.6. The second-order valence-corrected chi connectivity index (χ2v) is 11.9. The number of nitrogens with zero attached hydrogens (tertiary/aromatic N) is 3. The maximum atomic E-state index is 13.5. The second-order valence-electron chi connectivity index (χ2n) is 9.80. The average Bonchev–Trinajstić information content (AvgIpc) is 2.96. The fourth-order valence-corrected chi connectivity index (χ4v) is 5.26. The van der Waals surface area contributed by atoms with Gasteiger partial charge in [-0.2, -0.15) is 0 Å². The van der Waals surface area contributed by atoms with Gasteiger partial charge in [0, 0.05) is 31.9 Å². The van der Waals surface area contributed by atoms with Crippen LogP contribution in [0.3, 0.4) is 0 Å². The highest BCUT2D eigenvalue weighted by molar-refractivity contribution is 7.89. The smallest absolute Gasteiger partial charge is 0.255 e. The molecule has 1 amide bonds. The van der Waals surface area contributed by atoms with Gasteiger partial charge in [0.25, 0.3) is 16.8 Å². The fourth-order valence-electron chi connectivity index (χ4n) is 4.36. The van der Waals surface area contributed by atoms with Crippen molar-refractivity contribution in [2.75, 3.05) is 43.9 Å². The molecule has 10 heteroatoms. The highest BCUT2D eigenvalue weighted by atomic mass is 32.2. The lowest BCUT2D eigenvalue weighted by molar-refractivity contribution is -0.113. The van der Waals surface area contributed by atoms with Gasteiger partial charge in [0.1, 0.15) is 11.4 Å². The van der Waals surface area contributed by atoms with E-state index in [-0.39, 0.29) is 28.0 Å². The van der Waals surface area contributed by atoms with Gasteiger partial charge in [-0.3, -0.25) is 19.3 Å². The van der Waals surface area contributed by atoms with Crippen molar-refractivity contribution >= 4 is 39.1 Å². The molecule has 0 spiro atoms. The van der Waals surface area contributed by atoms with E-state index in [1.54, 1.807) is 6.08 Å². The molecule has 3 rings (SSSR count). The van der Waals surface area contributed by atoms with Crippen LogP contribution in [0.4, 0.5) is 17.1 Å². The fraction of sp³-hybridized carbons (Fsp3) is 0.367. The maximum absolute atomic E-state index is 13.5. The number of carbonyl (C=O) groups excluding carboxylic acids is 1. The standard InChI is InChI=1S/C30H38N4O5S/c1-6-33(7-2)21-11-12-22(3)31-27-28(30(37)29(27)36)34(26(35)20-15-23-13-9-8-10-14-23)24-16-18-25(19-17-24)40(38,39)32(4)5/h8-10,13-20,22,31H,6-7,11-12,21H2,1-5H3/b20-15+. The van der Waals surface area contributed by atoms with Gasteiger partial charge in [0.2, 0.25) is 10.0 Å². The third-order valence-corrected chi connectivity index (χ3v) is 8.65. The van der Waals surface area contributed by atoms with E-state index in [9.17, 15) is 22.8 Å². The Labute approximate surface area is 236 Å². The molecule has 0 aliphatic heterocycles. The summed E-state index contributed by atoms with van der Waals surface area (Å²) in [5, 5.41) is 3.16. The Bertz CT molecular complexity index is 1490. The molecule has 0 saturated heterocycles. The predicted octanol–water partition coefficient (Wildman–Crippen LogP) is 3.83. The van der Waals surface area contributed by atoms with Crippen LogP contribution in [0, 0.1) is 0 Å². The van der Waals surface area contributed by atoms with Crippen molar-refractivity contribution in [2.45, 2.75) is 44.6 Å². The van der Waals surface area contributed by atoms with Crippen LogP contribution in [0.15, 0.2) is 75.2 Å². The highest BCUT2D eigenvalue weighted by Gasteiger charge is 2.31. The van der Waals surface area contributed by atoms with Crippen molar-refractivity contribution in [3.8, 4) is 0 Å². The third-order valence-electron chi connectivity index (χ3n) is 6.82. The number of carbonyl (C=O) groups is 1. The van der Waals surface area contributed by atoms with E-state index in [1.165, 1.54) is 49.3 Å². The first-order chi connectivity index (χ1) is 19.0. The Morgan fingerprint density at radius 2 is 1.57 bits per heavy atom. The Morgan fingerprint density at radius 3 is 2.15 bits per heavy atom. The van der Waals surface area contributed by atoms with Crippen LogP contribution in [0.2, 0.25) is 0 Å². The predicted molar refractivity (Wildman–Crippen MR) is 161 cm³/mol. The van der Waals surface area contributed by atoms with E-state index in [0.717, 1.165) is 42.3 Å². The summed E-state index contributed by atoms with van der Waals surface area (Å²) in [6, 6.07) is 14.8. The van der Waals surface area contributed by atoms with Crippen LogP contribution in [-0.2, 0) is 14.8 Å². The van der Waals surface area contributed by atoms with E-state index in [0.29, 0.717) is 0 Å². The molecule has 3 aromatic carbocycles. The lowest BCUT2D eigenvalue weighted by atomic mass is 10.1. The summed E-state index contributed by atoms with van der Waals surface area (Å²) in [7, 11) is -0.839. The zero-order valence-electron chi connectivity index (χ0n) is 23.8. The minimum atomic E-state index is -3.70. The first-order valence-electron chi connectivity index (χ1n) is 13.4. The van der Waals surface area contributed by atoms with Gasteiger partial charge < -0.3 is 10.2 Å². The van der Waals surface area contributed by atoms with E-state index in [2.05, 4.69) is 24.1 Å². The molecule has 0 aliphatic rings. The third kappa shape index (κ3) is 7.12. The number of nitrogens with one attached hydrogen (secondary N) is 1. The van der Waals surface area contributed by atoms with Gasteiger partial charge in [-0.15, -0.1) is 0 Å². The summed E-state index contributed by atoms with van der Waals surface area (Å²) >= 11 is 0. The highest BCUT2D eigenvalue weighted by Crippen LogP contribution is 2.31. The van der Waals surface area contributed by atoms with Crippen molar-refractivity contribution in [1.82, 2.24) is 9.21 Å². The van der Waals surface area contributed by atoms with Crippen LogP contribution in [-0.4, -0.2) is 63.3 Å². The molecule has 0 saturated carbocycles. The molecule has 0 aliphatic carbocycles. The van der Waals surface area contributed by atoms with Gasteiger partial charge in [0.05, 0.1) is 4.90 Å². The summed E-state index contributed by atoms with van der Waals surface area (Å²) in [4.78, 5) is 42.6. The lowest BCUT2D eigenvalue weighted by Crippen LogP contribution is -2.44. The van der Waals surface area contributed by atoms with Gasteiger partial charge in [-0.1, -0.05) is 44.2 Å². The normalized spacial score (nSPS) is 12.9. The first kappa shape index (κ1) is 30.9. The van der Waals surface area contributed by atoms with E-state index in [4.69, 9.17) is 0 Å².